The van der Waals surface area contributed by atoms with Crippen LogP contribution in [-0.4, -0.2) is 78.8 Å². The van der Waals surface area contributed by atoms with E-state index >= 15 is 8.78 Å². The van der Waals surface area contributed by atoms with Crippen LogP contribution in [0.15, 0.2) is 42.0 Å². The van der Waals surface area contributed by atoms with Crippen LogP contribution in [0.3, 0.4) is 0 Å². The first-order valence-corrected chi connectivity index (χ1v) is 16.5. The van der Waals surface area contributed by atoms with E-state index in [1.165, 1.54) is 44.4 Å². The van der Waals surface area contributed by atoms with Gasteiger partial charge in [-0.1, -0.05) is 19.9 Å². The lowest BCUT2D eigenvalue weighted by atomic mass is 9.45. The van der Waals surface area contributed by atoms with Crippen LogP contribution >= 0.6 is 0 Å². The van der Waals surface area contributed by atoms with Crippen molar-refractivity contribution < 1.29 is 61.9 Å². The number of aliphatic hydroxyl groups excluding tert-OH is 1. The zero-order chi connectivity index (χ0) is 36.6. The Hall–Kier alpha value is -4.40. The van der Waals surface area contributed by atoms with Crippen LogP contribution < -0.4 is 9.47 Å². The second-order valence-electron chi connectivity index (χ2n) is 14.0. The van der Waals surface area contributed by atoms with Crippen molar-refractivity contribution in [2.45, 2.75) is 70.8 Å². The van der Waals surface area contributed by atoms with Gasteiger partial charge >= 0.3 is 12.1 Å². The summed E-state index contributed by atoms with van der Waals surface area (Å²) in [4.78, 5) is 65.2. The number of hydrogen-bond acceptors (Lipinski definition) is 12. The second-order valence-corrected chi connectivity index (χ2v) is 14.0. The molecule has 4 aliphatic rings. The predicted octanol–water partition coefficient (Wildman–Crippen LogP) is 5.11. The monoisotopic (exact) mass is 705 g/mol. The van der Waals surface area contributed by atoms with Gasteiger partial charge in [-0.25, -0.2) is 18.4 Å². The molecule has 0 heterocycles. The molecule has 0 aliphatic heterocycles. The van der Waals surface area contributed by atoms with Crippen LogP contribution in [0.4, 0.5) is 13.6 Å². The molecule has 3 saturated carbocycles. The Labute approximate surface area is 287 Å². The summed E-state index contributed by atoms with van der Waals surface area (Å²) in [5.41, 5.74) is -4.61. The van der Waals surface area contributed by atoms with Crippen molar-refractivity contribution in [1.29, 1.82) is 0 Å². The van der Waals surface area contributed by atoms with Crippen molar-refractivity contribution in [1.82, 2.24) is 0 Å². The highest BCUT2D eigenvalue weighted by atomic mass is 19.1. The number of Topliss-reactive ketones (excluding diaryl/α,β-unsaturated/α-hetero) is 1. The number of allylic oxidation sites excluding steroid dienone is 4. The number of alkyl halides is 2. The first kappa shape index (κ1) is 36.9. The third-order valence-corrected chi connectivity index (χ3v) is 11.2. The number of carbonyl (C=O) groups is 4. The van der Waals surface area contributed by atoms with Gasteiger partial charge in [-0.3, -0.25) is 9.59 Å². The minimum atomic E-state index is -2.26. The van der Waals surface area contributed by atoms with Crippen molar-refractivity contribution in [3.63, 3.8) is 0 Å². The lowest BCUT2D eigenvalue weighted by molar-refractivity contribution is -0.757. The van der Waals surface area contributed by atoms with Crippen molar-refractivity contribution in [3.05, 3.63) is 57.7 Å². The van der Waals surface area contributed by atoms with Crippen molar-refractivity contribution in [2.24, 2.45) is 34.5 Å². The Balaban J connectivity index is 1.21. The van der Waals surface area contributed by atoms with E-state index in [4.69, 9.17) is 18.9 Å². The number of esters is 1. The predicted molar refractivity (Wildman–Crippen MR) is 169 cm³/mol. The van der Waals surface area contributed by atoms with Gasteiger partial charge in [0.05, 0.1) is 32.0 Å². The standard InChI is InChI=1S/C35H41F2NO12/c1-19-13-22-23-16-25(36)24-15-21(39)9-10-34(24,3)35(23,37)29(41)17-33(22,2)30(19)26(40)18-48-32(43)50-27-8-7-20(14-28(27)46-4)31(42)47-11-5-6-12-49-38(44)45/h7-10,14-15,19,22-23,25,29-30,41H,5-6,11-13,16-18H2,1-4H3/t19-,22?,23?,25+,29?,30?,33?,34?,35+/m1/s1. The summed E-state index contributed by atoms with van der Waals surface area (Å²) in [5, 5.41) is 20.7. The number of ketones is 2. The molecule has 6 unspecified atom stereocenters. The maximum Gasteiger partial charge on any atom is 0.514 e. The molecular weight excluding hydrogens is 664 g/mol. The number of fused-ring (bicyclic) bond motifs is 5. The number of ether oxygens (including phenoxy) is 4. The smallest absolute Gasteiger partial charge is 0.493 e. The average Bonchev–Trinajstić information content (AvgIpc) is 3.32. The molecule has 0 spiro atoms. The number of methoxy groups -OCH3 is 1. The summed E-state index contributed by atoms with van der Waals surface area (Å²) in [6.07, 6.45) is 0.0599. The summed E-state index contributed by atoms with van der Waals surface area (Å²) in [5.74, 6) is -4.11. The van der Waals surface area contributed by atoms with E-state index in [9.17, 15) is 34.4 Å². The molecule has 0 radical (unpaired) electrons. The van der Waals surface area contributed by atoms with E-state index in [1.54, 1.807) is 6.92 Å². The van der Waals surface area contributed by atoms with Gasteiger partial charge in [-0.2, -0.15) is 0 Å². The Bertz CT molecular complexity index is 1610. The molecule has 50 heavy (non-hydrogen) atoms. The van der Waals surface area contributed by atoms with E-state index in [1.807, 2.05) is 6.92 Å². The highest BCUT2D eigenvalue weighted by molar-refractivity contribution is 6.01. The minimum absolute atomic E-state index is 0.00435. The van der Waals surface area contributed by atoms with Gasteiger partial charge in [0.15, 0.2) is 35.3 Å². The third-order valence-electron chi connectivity index (χ3n) is 11.2. The van der Waals surface area contributed by atoms with E-state index < -0.39 is 81.9 Å². The number of nitrogens with zero attached hydrogens (tertiary/aromatic N) is 1. The first-order chi connectivity index (χ1) is 23.6. The summed E-state index contributed by atoms with van der Waals surface area (Å²) < 4.78 is 53.8. The van der Waals surface area contributed by atoms with E-state index in [0.29, 0.717) is 19.3 Å². The van der Waals surface area contributed by atoms with Gasteiger partial charge in [0, 0.05) is 17.3 Å². The fourth-order valence-electron chi connectivity index (χ4n) is 9.07. The summed E-state index contributed by atoms with van der Waals surface area (Å²) in [6.45, 7) is 4.34. The van der Waals surface area contributed by atoms with Crippen LogP contribution in [0, 0.1) is 44.6 Å². The summed E-state index contributed by atoms with van der Waals surface area (Å²) in [7, 11) is 1.28. The van der Waals surface area contributed by atoms with Crippen molar-refractivity contribution >= 4 is 23.7 Å². The van der Waals surface area contributed by atoms with Gasteiger partial charge in [0.2, 0.25) is 0 Å². The van der Waals surface area contributed by atoms with Gasteiger partial charge < -0.3 is 28.9 Å². The topological polar surface area (TPSA) is 178 Å². The third kappa shape index (κ3) is 6.47. The molecule has 0 saturated heterocycles. The zero-order valence-corrected chi connectivity index (χ0v) is 28.2. The van der Waals surface area contributed by atoms with Crippen LogP contribution in [0.5, 0.6) is 11.5 Å². The molecule has 1 aromatic carbocycles. The van der Waals surface area contributed by atoms with Gasteiger partial charge in [-0.05, 0) is 92.2 Å². The van der Waals surface area contributed by atoms with E-state index in [-0.39, 0.29) is 54.6 Å². The lowest BCUT2D eigenvalue weighted by Gasteiger charge is -2.62. The molecule has 4 aliphatic carbocycles. The van der Waals surface area contributed by atoms with Gasteiger partial charge in [0.1, 0.15) is 6.17 Å². The summed E-state index contributed by atoms with van der Waals surface area (Å²) >= 11 is 0. The Kier molecular flexibility index (Phi) is 10.4. The molecule has 3 fully saturated rings. The number of aliphatic hydroxyl groups is 1. The average molecular weight is 706 g/mol. The normalized spacial score (nSPS) is 34.0. The fourth-order valence-corrected chi connectivity index (χ4v) is 9.07. The number of benzene rings is 1. The quantitative estimate of drug-likeness (QED) is 0.100. The molecule has 1 N–H and O–H groups in total. The minimum Gasteiger partial charge on any atom is -0.493 e. The van der Waals surface area contributed by atoms with E-state index in [2.05, 4.69) is 4.84 Å². The molecule has 13 nitrogen and oxygen atoms in total. The van der Waals surface area contributed by atoms with Crippen LogP contribution in [-0.2, 0) is 23.9 Å². The Morgan fingerprint density at radius 2 is 1.80 bits per heavy atom. The Morgan fingerprint density at radius 1 is 1.08 bits per heavy atom. The van der Waals surface area contributed by atoms with Gasteiger partial charge in [-0.15, -0.1) is 10.1 Å². The number of carbonyl (C=O) groups excluding carboxylic acids is 4. The van der Waals surface area contributed by atoms with E-state index in [0.717, 1.165) is 6.08 Å². The molecule has 0 aromatic heterocycles. The molecule has 0 amide bonds. The lowest BCUT2D eigenvalue weighted by Crippen LogP contribution is -2.68. The molecular formula is C35H41F2NO12. The molecule has 1 aromatic rings. The van der Waals surface area contributed by atoms with Crippen LogP contribution in [0.1, 0.15) is 63.2 Å². The SMILES string of the molecule is COc1cc(C(=O)OCCCCO[N+](=O)[O-])ccc1OC(=O)OCC(=O)C1[C@H](C)CC2C3C[C@H](F)C4=CC(=O)C=CC4(C)[C@@]3(F)C(O)CC21C. The molecule has 5 rings (SSSR count). The van der Waals surface area contributed by atoms with Gasteiger partial charge in [0.25, 0.3) is 5.09 Å². The highest BCUT2D eigenvalue weighted by Gasteiger charge is 2.73. The number of unbranched alkanes of at least 4 members (excludes halogenated alkanes) is 1. The van der Waals surface area contributed by atoms with Crippen LogP contribution in [0.25, 0.3) is 0 Å². The largest absolute Gasteiger partial charge is 0.514 e. The molecule has 272 valence electrons. The number of halogens is 2. The maximum atomic E-state index is 17.4. The Morgan fingerprint density at radius 3 is 2.50 bits per heavy atom. The van der Waals surface area contributed by atoms with Crippen molar-refractivity contribution in [2.75, 3.05) is 26.9 Å². The molecule has 9 atom stereocenters. The highest BCUT2D eigenvalue weighted by Crippen LogP contribution is 2.70. The second kappa shape index (κ2) is 14.1. The fraction of sp³-hybridized carbons (Fsp3) is 0.600. The van der Waals surface area contributed by atoms with Crippen molar-refractivity contribution in [3.8, 4) is 11.5 Å². The molecule has 15 heteroatoms. The van der Waals surface area contributed by atoms with Crippen LogP contribution in [0.2, 0.25) is 0 Å². The number of rotatable bonds is 12. The molecule has 0 bridgehead atoms. The maximum absolute atomic E-state index is 17.4. The zero-order valence-electron chi connectivity index (χ0n) is 28.2. The summed E-state index contributed by atoms with van der Waals surface area (Å²) in [6, 6.07) is 3.88. The first-order valence-electron chi connectivity index (χ1n) is 16.5. The number of hydrogen-bond donors (Lipinski definition) is 1.